The van der Waals surface area contributed by atoms with Gasteiger partial charge in [-0.1, -0.05) is 20.8 Å². The number of fused-ring (bicyclic) bond motifs is 2. The summed E-state index contributed by atoms with van der Waals surface area (Å²) in [6.07, 6.45) is 6.48. The standard InChI is InChI=1S/C19H35N3O/c1-5-22-10-6-7-16(22)12-20-13-17(23)21-19(4)15-9-8-14(11-15)18(19,2)3/h14-16,20H,5-13H2,1-4H3,(H,21,23)/t14-,15+,16-,19+/m0/s1. The lowest BCUT2D eigenvalue weighted by atomic mass is 9.64. The molecule has 2 saturated carbocycles. The van der Waals surface area contributed by atoms with Crippen molar-refractivity contribution in [1.82, 2.24) is 15.5 Å². The fourth-order valence-electron chi connectivity index (χ4n) is 5.60. The van der Waals surface area contributed by atoms with Crippen molar-refractivity contribution < 1.29 is 4.79 Å². The number of hydrogen-bond acceptors (Lipinski definition) is 3. The van der Waals surface area contributed by atoms with Crippen molar-refractivity contribution in [3.63, 3.8) is 0 Å². The molecule has 1 amide bonds. The zero-order chi connectivity index (χ0) is 16.7. The van der Waals surface area contributed by atoms with Gasteiger partial charge in [0.25, 0.3) is 0 Å². The lowest BCUT2D eigenvalue weighted by Crippen LogP contribution is -2.60. The Morgan fingerprint density at radius 2 is 1.91 bits per heavy atom. The van der Waals surface area contributed by atoms with Gasteiger partial charge in [-0.2, -0.15) is 0 Å². The molecule has 1 heterocycles. The highest BCUT2D eigenvalue weighted by Gasteiger charge is 2.60. The normalized spacial score (nSPS) is 39.0. The lowest BCUT2D eigenvalue weighted by Gasteiger charge is -2.48. The van der Waals surface area contributed by atoms with Crippen LogP contribution >= 0.6 is 0 Å². The average molecular weight is 322 g/mol. The maximum Gasteiger partial charge on any atom is 0.234 e. The van der Waals surface area contributed by atoms with Gasteiger partial charge in [-0.3, -0.25) is 9.69 Å². The molecule has 4 atom stereocenters. The molecule has 1 aliphatic heterocycles. The maximum atomic E-state index is 12.5. The van der Waals surface area contributed by atoms with Crippen molar-refractivity contribution in [1.29, 1.82) is 0 Å². The van der Waals surface area contributed by atoms with Gasteiger partial charge in [-0.25, -0.2) is 0 Å². The van der Waals surface area contributed by atoms with Crippen LogP contribution in [0.15, 0.2) is 0 Å². The molecular weight excluding hydrogens is 286 g/mol. The summed E-state index contributed by atoms with van der Waals surface area (Å²) in [5.41, 5.74) is 0.188. The molecule has 3 aliphatic rings. The Hall–Kier alpha value is -0.610. The van der Waals surface area contributed by atoms with E-state index in [0.717, 1.165) is 19.0 Å². The topological polar surface area (TPSA) is 44.4 Å². The molecule has 0 aromatic rings. The quantitative estimate of drug-likeness (QED) is 0.789. The van der Waals surface area contributed by atoms with Crippen LogP contribution < -0.4 is 10.6 Å². The van der Waals surface area contributed by atoms with E-state index in [2.05, 4.69) is 43.2 Å². The van der Waals surface area contributed by atoms with Crippen molar-refractivity contribution in [3.8, 4) is 0 Å². The summed E-state index contributed by atoms with van der Waals surface area (Å²) < 4.78 is 0. The third-order valence-electron chi connectivity index (χ3n) is 7.58. The van der Waals surface area contributed by atoms with Gasteiger partial charge in [-0.15, -0.1) is 0 Å². The van der Waals surface area contributed by atoms with Crippen molar-refractivity contribution >= 4 is 5.91 Å². The van der Waals surface area contributed by atoms with Crippen LogP contribution in [0.5, 0.6) is 0 Å². The molecule has 0 spiro atoms. The molecule has 0 aromatic heterocycles. The van der Waals surface area contributed by atoms with Gasteiger partial charge in [0.15, 0.2) is 0 Å². The Morgan fingerprint density at radius 3 is 2.57 bits per heavy atom. The Kier molecular flexibility index (Phi) is 4.76. The first-order chi connectivity index (χ1) is 10.9. The van der Waals surface area contributed by atoms with E-state index in [1.165, 1.54) is 38.6 Å². The fraction of sp³-hybridized carbons (Fsp3) is 0.947. The second kappa shape index (κ2) is 6.36. The fourth-order valence-corrected chi connectivity index (χ4v) is 5.60. The van der Waals surface area contributed by atoms with Crippen LogP contribution in [-0.4, -0.2) is 48.6 Å². The molecule has 2 N–H and O–H groups in total. The number of amides is 1. The van der Waals surface area contributed by atoms with E-state index in [9.17, 15) is 4.79 Å². The van der Waals surface area contributed by atoms with Crippen molar-refractivity contribution in [3.05, 3.63) is 0 Å². The molecule has 0 radical (unpaired) electrons. The molecule has 132 valence electrons. The monoisotopic (exact) mass is 321 g/mol. The van der Waals surface area contributed by atoms with E-state index >= 15 is 0 Å². The number of hydrogen-bond donors (Lipinski definition) is 2. The van der Waals surface area contributed by atoms with E-state index in [-0.39, 0.29) is 16.9 Å². The Balaban J connectivity index is 1.48. The molecule has 4 heteroatoms. The first-order valence-electron chi connectivity index (χ1n) is 9.64. The molecule has 3 fully saturated rings. The molecule has 2 aliphatic carbocycles. The molecule has 0 aromatic carbocycles. The summed E-state index contributed by atoms with van der Waals surface area (Å²) in [4.78, 5) is 15.0. The summed E-state index contributed by atoms with van der Waals surface area (Å²) in [6, 6.07) is 0.613. The third kappa shape index (κ3) is 2.93. The van der Waals surface area contributed by atoms with E-state index in [1.54, 1.807) is 0 Å². The van der Waals surface area contributed by atoms with Gasteiger partial charge in [0.05, 0.1) is 6.54 Å². The first kappa shape index (κ1) is 17.2. The second-order valence-electron chi connectivity index (χ2n) is 8.73. The van der Waals surface area contributed by atoms with Gasteiger partial charge in [0, 0.05) is 18.1 Å². The van der Waals surface area contributed by atoms with Crippen molar-refractivity contribution in [2.75, 3.05) is 26.2 Å². The summed E-state index contributed by atoms with van der Waals surface area (Å²) in [5, 5.41) is 6.81. The van der Waals surface area contributed by atoms with Gasteiger partial charge in [0.2, 0.25) is 5.91 Å². The van der Waals surface area contributed by atoms with Crippen LogP contribution in [-0.2, 0) is 4.79 Å². The number of likely N-dealkylation sites (N-methyl/N-ethyl adjacent to an activating group) is 1. The Labute approximate surface area is 141 Å². The molecule has 23 heavy (non-hydrogen) atoms. The van der Waals surface area contributed by atoms with Crippen molar-refractivity contribution in [2.24, 2.45) is 17.3 Å². The van der Waals surface area contributed by atoms with Crippen LogP contribution in [0.2, 0.25) is 0 Å². The molecule has 3 rings (SSSR count). The zero-order valence-corrected chi connectivity index (χ0v) is 15.5. The minimum absolute atomic E-state index is 0.0303. The van der Waals surface area contributed by atoms with Crippen LogP contribution in [0, 0.1) is 17.3 Å². The average Bonchev–Trinajstić information content (AvgIpc) is 3.18. The molecule has 4 nitrogen and oxygen atoms in total. The van der Waals surface area contributed by atoms with Crippen molar-refractivity contribution in [2.45, 2.75) is 71.4 Å². The van der Waals surface area contributed by atoms with Gasteiger partial charge in [-0.05, 0) is 69.4 Å². The molecule has 0 unspecified atom stereocenters. The number of nitrogens with one attached hydrogen (secondary N) is 2. The van der Waals surface area contributed by atoms with E-state index < -0.39 is 0 Å². The zero-order valence-electron chi connectivity index (χ0n) is 15.5. The Morgan fingerprint density at radius 1 is 1.17 bits per heavy atom. The van der Waals surface area contributed by atoms with E-state index in [4.69, 9.17) is 0 Å². The number of nitrogens with zero attached hydrogens (tertiary/aromatic N) is 1. The predicted molar refractivity (Wildman–Crippen MR) is 94.3 cm³/mol. The van der Waals surface area contributed by atoms with E-state index in [0.29, 0.717) is 18.5 Å². The smallest absolute Gasteiger partial charge is 0.234 e. The lowest BCUT2D eigenvalue weighted by molar-refractivity contribution is -0.124. The molecule has 1 saturated heterocycles. The van der Waals surface area contributed by atoms with Crippen LogP contribution in [0.1, 0.15) is 59.8 Å². The highest BCUT2D eigenvalue weighted by molar-refractivity contribution is 5.79. The van der Waals surface area contributed by atoms with Gasteiger partial charge < -0.3 is 10.6 Å². The largest absolute Gasteiger partial charge is 0.349 e. The second-order valence-corrected chi connectivity index (χ2v) is 8.73. The maximum absolute atomic E-state index is 12.5. The Bertz CT molecular complexity index is 450. The minimum Gasteiger partial charge on any atom is -0.349 e. The molecular formula is C19H35N3O. The minimum atomic E-state index is -0.0303. The van der Waals surface area contributed by atoms with Gasteiger partial charge in [0.1, 0.15) is 0 Å². The molecule has 2 bridgehead atoms. The highest BCUT2D eigenvalue weighted by atomic mass is 16.2. The summed E-state index contributed by atoms with van der Waals surface area (Å²) >= 11 is 0. The number of carbonyl (C=O) groups excluding carboxylic acids is 1. The van der Waals surface area contributed by atoms with E-state index in [1.807, 2.05) is 0 Å². The first-order valence-corrected chi connectivity index (χ1v) is 9.64. The summed E-state index contributed by atoms with van der Waals surface area (Å²) in [7, 11) is 0. The highest BCUT2D eigenvalue weighted by Crippen LogP contribution is 2.61. The van der Waals surface area contributed by atoms with Crippen LogP contribution in [0.3, 0.4) is 0 Å². The number of rotatable bonds is 6. The summed E-state index contributed by atoms with van der Waals surface area (Å²) in [6.45, 7) is 12.9. The number of carbonyl (C=O) groups is 1. The SMILES string of the molecule is CCN1CCC[C@H]1CNCC(=O)N[C@]1(C)[C@@H]2CC[C@@H](C2)C1(C)C. The van der Waals surface area contributed by atoms with Crippen LogP contribution in [0.4, 0.5) is 0 Å². The van der Waals surface area contributed by atoms with Crippen LogP contribution in [0.25, 0.3) is 0 Å². The summed E-state index contributed by atoms with van der Waals surface area (Å²) in [5.74, 6) is 1.62. The van der Waals surface area contributed by atoms with Gasteiger partial charge >= 0.3 is 0 Å². The third-order valence-corrected chi connectivity index (χ3v) is 7.58. The predicted octanol–water partition coefficient (Wildman–Crippen LogP) is 2.39. The number of likely N-dealkylation sites (tertiary alicyclic amines) is 1.